The van der Waals surface area contributed by atoms with Gasteiger partial charge in [0.1, 0.15) is 18.8 Å². The maximum atomic E-state index is 13.2. The van der Waals surface area contributed by atoms with Gasteiger partial charge in [0.15, 0.2) is 24.6 Å². The van der Waals surface area contributed by atoms with Crippen molar-refractivity contribution in [2.45, 2.75) is 314 Å². The van der Waals surface area contributed by atoms with E-state index < -0.39 is 67.3 Å². The summed E-state index contributed by atoms with van der Waals surface area (Å²) in [6.07, 6.45) is 57.1. The average Bonchev–Trinajstić information content (AvgIpc) is 3.47. The predicted octanol–water partition coefficient (Wildman–Crippen LogP) is 16.9. The van der Waals surface area contributed by atoms with E-state index in [9.17, 15) is 34.5 Å². The second-order valence-corrected chi connectivity index (χ2v) is 21.7. The van der Waals surface area contributed by atoms with Gasteiger partial charge in [-0.05, 0) is 109 Å². The van der Waals surface area contributed by atoms with Crippen molar-refractivity contribution >= 4 is 23.9 Å². The lowest BCUT2D eigenvalue weighted by Gasteiger charge is -2.40. The molecule has 79 heavy (non-hydrogen) atoms. The SMILES string of the molecule is CC/C=C\C/C=C\C/C=C\CCCCCCCCCC(=O)OCC(COC1OC(C(=O)O)C(O)C(O)C1OC(=O)CCCCCCCCC/C=C\C/C=C\CCCCC)OC(=O)CCCCCCC/C=C\CCCCCCCC. The molecule has 0 amide bonds. The molecule has 6 unspecified atom stereocenters. The Balaban J connectivity index is 2.68. The van der Waals surface area contributed by atoms with E-state index in [0.717, 1.165) is 154 Å². The van der Waals surface area contributed by atoms with Crippen molar-refractivity contribution in [1.29, 1.82) is 0 Å². The molecule has 0 aromatic rings. The monoisotopic (exact) mass is 1110 g/mol. The topological polar surface area (TPSA) is 175 Å². The van der Waals surface area contributed by atoms with Gasteiger partial charge in [0.2, 0.25) is 0 Å². The number of unbranched alkanes of at least 4 members (excludes halogenated alkanes) is 28. The van der Waals surface area contributed by atoms with Gasteiger partial charge in [0.25, 0.3) is 0 Å². The highest BCUT2D eigenvalue weighted by atomic mass is 16.7. The van der Waals surface area contributed by atoms with Gasteiger partial charge in [-0.2, -0.15) is 0 Å². The standard InChI is InChI=1S/C67H114O12/c1-4-7-10-13-16-19-22-25-28-30-33-35-38-41-44-47-50-53-59(68)75-56-58(77-60(69)54-51-48-45-42-39-36-32-27-24-21-18-15-12-9-6-3)57-76-67-65(63(72)62(71)64(79-67)66(73)74)78-61(70)55-52-49-46-43-40-37-34-31-29-26-23-20-17-14-11-8-5-2/h7,10,16-17,19-20,25-29,32,58,62-65,67,71-72H,4-6,8-9,11-15,18,21-24,30-31,33-57H2,1-3H3,(H,73,74)/b10-7-,19-16-,20-17-,28-25-,29-26-,32-27-. The number of esters is 3. The summed E-state index contributed by atoms with van der Waals surface area (Å²) >= 11 is 0. The number of hydrogen-bond acceptors (Lipinski definition) is 11. The van der Waals surface area contributed by atoms with E-state index in [2.05, 4.69) is 93.7 Å². The first kappa shape index (κ1) is 73.2. The minimum Gasteiger partial charge on any atom is -0.479 e. The van der Waals surface area contributed by atoms with Crippen molar-refractivity contribution in [1.82, 2.24) is 0 Å². The molecular weight excluding hydrogens is 997 g/mol. The molecule has 454 valence electrons. The smallest absolute Gasteiger partial charge is 0.335 e. The van der Waals surface area contributed by atoms with Crippen molar-refractivity contribution in [3.8, 4) is 0 Å². The third-order valence-electron chi connectivity index (χ3n) is 14.2. The number of aliphatic hydroxyl groups excluding tert-OH is 2. The van der Waals surface area contributed by atoms with Crippen LogP contribution in [0.5, 0.6) is 0 Å². The predicted molar refractivity (Wildman–Crippen MR) is 322 cm³/mol. The summed E-state index contributed by atoms with van der Waals surface area (Å²) in [5, 5.41) is 31.6. The fourth-order valence-corrected chi connectivity index (χ4v) is 9.35. The summed E-state index contributed by atoms with van der Waals surface area (Å²) in [6.45, 7) is 5.86. The van der Waals surface area contributed by atoms with Gasteiger partial charge in [-0.15, -0.1) is 0 Å². The Bertz CT molecular complexity index is 1650. The lowest BCUT2D eigenvalue weighted by Crippen LogP contribution is -2.61. The first-order chi connectivity index (χ1) is 38.6. The van der Waals surface area contributed by atoms with Crippen molar-refractivity contribution in [3.63, 3.8) is 0 Å². The zero-order valence-electron chi connectivity index (χ0n) is 50.1. The Morgan fingerprint density at radius 1 is 0.430 bits per heavy atom. The van der Waals surface area contributed by atoms with E-state index in [1.165, 1.54) is 64.2 Å². The van der Waals surface area contributed by atoms with Crippen LogP contribution in [-0.2, 0) is 42.9 Å². The van der Waals surface area contributed by atoms with Crippen LogP contribution >= 0.6 is 0 Å². The molecule has 12 heteroatoms. The molecule has 0 aromatic heterocycles. The Labute approximate surface area is 480 Å². The first-order valence-corrected chi connectivity index (χ1v) is 31.9. The molecule has 1 heterocycles. The maximum Gasteiger partial charge on any atom is 0.335 e. The number of rotatable bonds is 54. The van der Waals surface area contributed by atoms with Crippen LogP contribution in [0.1, 0.15) is 278 Å². The van der Waals surface area contributed by atoms with Crippen molar-refractivity contribution in [2.24, 2.45) is 0 Å². The first-order valence-electron chi connectivity index (χ1n) is 31.9. The van der Waals surface area contributed by atoms with Gasteiger partial charge < -0.3 is 39.0 Å². The fraction of sp³-hybridized carbons (Fsp3) is 0.761. The number of aliphatic hydroxyl groups is 2. The second-order valence-electron chi connectivity index (χ2n) is 21.7. The van der Waals surface area contributed by atoms with E-state index in [0.29, 0.717) is 19.3 Å². The Morgan fingerprint density at radius 3 is 1.25 bits per heavy atom. The molecule has 0 aromatic carbocycles. The second kappa shape index (κ2) is 54.7. The highest BCUT2D eigenvalue weighted by Crippen LogP contribution is 2.26. The average molecular weight is 1110 g/mol. The number of ether oxygens (including phenoxy) is 5. The molecule has 1 aliphatic rings. The number of hydrogen-bond donors (Lipinski definition) is 3. The Kier molecular flexibility index (Phi) is 50.7. The molecule has 3 N–H and O–H groups in total. The van der Waals surface area contributed by atoms with Gasteiger partial charge in [0, 0.05) is 19.3 Å². The summed E-state index contributed by atoms with van der Waals surface area (Å²) < 4.78 is 28.5. The lowest BCUT2D eigenvalue weighted by molar-refractivity contribution is -0.301. The Hall–Kier alpha value is -3.84. The normalized spacial score (nSPS) is 18.3. The van der Waals surface area contributed by atoms with Crippen LogP contribution in [0.3, 0.4) is 0 Å². The number of carboxylic acids is 1. The van der Waals surface area contributed by atoms with Crippen LogP contribution in [0.15, 0.2) is 72.9 Å². The van der Waals surface area contributed by atoms with Crippen LogP contribution < -0.4 is 0 Å². The molecule has 12 nitrogen and oxygen atoms in total. The van der Waals surface area contributed by atoms with Gasteiger partial charge in [-0.1, -0.05) is 222 Å². The van der Waals surface area contributed by atoms with Crippen LogP contribution in [0.4, 0.5) is 0 Å². The minimum atomic E-state index is -1.91. The number of aliphatic carboxylic acids is 1. The number of allylic oxidation sites excluding steroid dienone is 12. The largest absolute Gasteiger partial charge is 0.479 e. The van der Waals surface area contributed by atoms with Crippen LogP contribution in [0.2, 0.25) is 0 Å². The van der Waals surface area contributed by atoms with E-state index >= 15 is 0 Å². The summed E-state index contributed by atoms with van der Waals surface area (Å²) in [5.41, 5.74) is 0. The van der Waals surface area contributed by atoms with E-state index in [-0.39, 0.29) is 25.9 Å². The molecular formula is C67H114O12. The number of carboxylic acid groups (broad SMARTS) is 1. The Morgan fingerprint density at radius 2 is 0.797 bits per heavy atom. The van der Waals surface area contributed by atoms with Gasteiger partial charge in [-0.25, -0.2) is 4.79 Å². The minimum absolute atomic E-state index is 0.0486. The highest BCUT2D eigenvalue weighted by molar-refractivity contribution is 5.74. The van der Waals surface area contributed by atoms with Crippen LogP contribution in [-0.4, -0.2) is 89.2 Å². The molecule has 0 saturated carbocycles. The third-order valence-corrected chi connectivity index (χ3v) is 14.2. The van der Waals surface area contributed by atoms with Gasteiger partial charge >= 0.3 is 23.9 Å². The van der Waals surface area contributed by atoms with E-state index in [1.807, 2.05) is 0 Å². The molecule has 1 rings (SSSR count). The molecule has 0 spiro atoms. The zero-order valence-corrected chi connectivity index (χ0v) is 50.1. The molecule has 1 saturated heterocycles. The molecule has 1 fully saturated rings. The summed E-state index contributed by atoms with van der Waals surface area (Å²) in [4.78, 5) is 51.3. The maximum absolute atomic E-state index is 13.2. The highest BCUT2D eigenvalue weighted by Gasteiger charge is 2.50. The fourth-order valence-electron chi connectivity index (χ4n) is 9.35. The summed E-state index contributed by atoms with van der Waals surface area (Å²) in [5.74, 6) is -3.14. The van der Waals surface area contributed by atoms with E-state index in [4.69, 9.17) is 23.7 Å². The van der Waals surface area contributed by atoms with Crippen molar-refractivity contribution in [2.75, 3.05) is 13.2 Å². The lowest BCUT2D eigenvalue weighted by atomic mass is 9.98. The number of carbonyl (C=O) groups excluding carboxylic acids is 3. The molecule has 0 radical (unpaired) electrons. The molecule has 1 aliphatic heterocycles. The summed E-state index contributed by atoms with van der Waals surface area (Å²) in [7, 11) is 0. The van der Waals surface area contributed by atoms with E-state index in [1.54, 1.807) is 0 Å². The summed E-state index contributed by atoms with van der Waals surface area (Å²) in [6, 6.07) is 0. The quantitative estimate of drug-likeness (QED) is 0.0228. The molecule has 6 atom stereocenters. The molecule has 0 aliphatic carbocycles. The van der Waals surface area contributed by atoms with Gasteiger partial charge in [0.05, 0.1) is 6.61 Å². The van der Waals surface area contributed by atoms with Crippen LogP contribution in [0.25, 0.3) is 0 Å². The molecule has 0 bridgehead atoms. The van der Waals surface area contributed by atoms with Gasteiger partial charge in [-0.3, -0.25) is 14.4 Å². The van der Waals surface area contributed by atoms with Crippen molar-refractivity contribution in [3.05, 3.63) is 72.9 Å². The van der Waals surface area contributed by atoms with Crippen LogP contribution in [0, 0.1) is 0 Å². The van der Waals surface area contributed by atoms with Crippen molar-refractivity contribution < 1.29 is 58.2 Å². The third kappa shape index (κ3) is 44.5. The number of carbonyl (C=O) groups is 4. The zero-order chi connectivity index (χ0) is 57.5.